The lowest BCUT2D eigenvalue weighted by atomic mass is 9.92. The minimum atomic E-state index is -0.276. The van der Waals surface area contributed by atoms with Crippen LogP contribution in [0.5, 0.6) is 5.88 Å². The Morgan fingerprint density at radius 3 is 2.79 bits per heavy atom. The number of esters is 1. The Kier molecular flexibility index (Phi) is 4.43. The summed E-state index contributed by atoms with van der Waals surface area (Å²) in [5.41, 5.74) is 1.88. The topological polar surface area (TPSA) is 48.4 Å². The number of allylic oxidation sites excluding steroid dienone is 1. The van der Waals surface area contributed by atoms with Gasteiger partial charge < -0.3 is 9.47 Å². The molecule has 0 unspecified atom stereocenters. The van der Waals surface area contributed by atoms with Gasteiger partial charge in [-0.3, -0.25) is 4.79 Å². The third-order valence-corrected chi connectivity index (χ3v) is 3.46. The molecular formula is C14H16ClNO3. The Labute approximate surface area is 117 Å². The van der Waals surface area contributed by atoms with Crippen molar-refractivity contribution >= 4 is 23.1 Å². The van der Waals surface area contributed by atoms with Crippen molar-refractivity contribution in [2.45, 2.75) is 31.2 Å². The molecule has 0 aromatic carbocycles. The zero-order valence-corrected chi connectivity index (χ0v) is 11.7. The van der Waals surface area contributed by atoms with Crippen molar-refractivity contribution in [2.75, 3.05) is 7.11 Å². The smallest absolute Gasteiger partial charge is 0.303 e. The van der Waals surface area contributed by atoms with Gasteiger partial charge in [-0.1, -0.05) is 0 Å². The van der Waals surface area contributed by atoms with Gasteiger partial charge in [0.15, 0.2) is 0 Å². The number of nitrogens with zero attached hydrogens (tertiary/aromatic N) is 1. The van der Waals surface area contributed by atoms with E-state index >= 15 is 0 Å². The summed E-state index contributed by atoms with van der Waals surface area (Å²) >= 11 is 6.32. The molecule has 2 rings (SSSR count). The minimum absolute atomic E-state index is 0.0815. The number of carbonyl (C=O) groups is 1. The van der Waals surface area contributed by atoms with Crippen molar-refractivity contribution in [3.8, 4) is 5.88 Å². The number of hydrogen-bond acceptors (Lipinski definition) is 4. The summed E-state index contributed by atoms with van der Waals surface area (Å²) in [5, 5.41) is -0.0815. The molecule has 102 valence electrons. The molecule has 0 bridgehead atoms. The van der Waals surface area contributed by atoms with Gasteiger partial charge in [0, 0.05) is 19.2 Å². The van der Waals surface area contributed by atoms with Crippen LogP contribution in [0, 0.1) is 0 Å². The fraction of sp³-hybridized carbons (Fsp3) is 0.429. The second kappa shape index (κ2) is 6.06. The first-order chi connectivity index (χ1) is 9.10. The van der Waals surface area contributed by atoms with E-state index < -0.39 is 0 Å². The second-order valence-electron chi connectivity index (χ2n) is 4.40. The standard InChI is InChI=1S/C14H16ClNO3/c1-9(17)19-11-4-5-13(15)12(7-11)10-3-6-14(18-2)16-8-10/h3,6-8,11,13H,4-5H2,1-2H3/t11-,13+/m0/s1. The summed E-state index contributed by atoms with van der Waals surface area (Å²) < 4.78 is 10.2. The average molecular weight is 282 g/mol. The fourth-order valence-electron chi connectivity index (χ4n) is 2.11. The van der Waals surface area contributed by atoms with Gasteiger partial charge in [-0.15, -0.1) is 11.6 Å². The molecular weight excluding hydrogens is 266 g/mol. The molecule has 19 heavy (non-hydrogen) atoms. The Bertz CT molecular complexity index is 484. The highest BCUT2D eigenvalue weighted by atomic mass is 35.5. The number of ether oxygens (including phenoxy) is 2. The number of pyridine rings is 1. The molecule has 0 saturated carbocycles. The summed E-state index contributed by atoms with van der Waals surface area (Å²) in [6.07, 6.45) is 4.95. The molecule has 5 heteroatoms. The molecule has 0 N–H and O–H groups in total. The number of rotatable bonds is 3. The molecule has 0 saturated heterocycles. The van der Waals surface area contributed by atoms with E-state index in [4.69, 9.17) is 21.1 Å². The molecule has 2 atom stereocenters. The van der Waals surface area contributed by atoms with E-state index in [0.717, 1.165) is 24.0 Å². The highest BCUT2D eigenvalue weighted by Crippen LogP contribution is 2.32. The first kappa shape index (κ1) is 13.9. The van der Waals surface area contributed by atoms with Crippen LogP contribution in [-0.2, 0) is 9.53 Å². The van der Waals surface area contributed by atoms with Crippen LogP contribution in [0.3, 0.4) is 0 Å². The zero-order chi connectivity index (χ0) is 13.8. The van der Waals surface area contributed by atoms with Crippen LogP contribution in [0.15, 0.2) is 24.4 Å². The van der Waals surface area contributed by atoms with Gasteiger partial charge in [0.1, 0.15) is 6.10 Å². The number of carbonyl (C=O) groups excluding carboxylic acids is 1. The van der Waals surface area contributed by atoms with E-state index in [-0.39, 0.29) is 17.5 Å². The fourth-order valence-corrected chi connectivity index (χ4v) is 2.43. The van der Waals surface area contributed by atoms with Gasteiger partial charge in [0.2, 0.25) is 5.88 Å². The predicted molar refractivity (Wildman–Crippen MR) is 73.2 cm³/mol. The van der Waals surface area contributed by atoms with Crippen LogP contribution in [0.2, 0.25) is 0 Å². The summed E-state index contributed by atoms with van der Waals surface area (Å²) in [4.78, 5) is 15.2. The van der Waals surface area contributed by atoms with E-state index in [9.17, 15) is 4.79 Å². The molecule has 1 aromatic heterocycles. The Morgan fingerprint density at radius 2 is 2.21 bits per heavy atom. The maximum absolute atomic E-state index is 11.0. The van der Waals surface area contributed by atoms with Crippen molar-refractivity contribution in [3.63, 3.8) is 0 Å². The van der Waals surface area contributed by atoms with E-state index in [1.54, 1.807) is 19.4 Å². The Morgan fingerprint density at radius 1 is 1.42 bits per heavy atom. The van der Waals surface area contributed by atoms with Crippen LogP contribution in [0.4, 0.5) is 0 Å². The minimum Gasteiger partial charge on any atom is -0.481 e. The van der Waals surface area contributed by atoms with Crippen molar-refractivity contribution in [3.05, 3.63) is 30.0 Å². The highest BCUT2D eigenvalue weighted by molar-refractivity contribution is 6.26. The highest BCUT2D eigenvalue weighted by Gasteiger charge is 2.24. The molecule has 1 aliphatic rings. The number of alkyl halides is 1. The maximum Gasteiger partial charge on any atom is 0.303 e. The predicted octanol–water partition coefficient (Wildman–Crippen LogP) is 2.81. The molecule has 1 aliphatic carbocycles. The first-order valence-electron chi connectivity index (χ1n) is 6.13. The van der Waals surface area contributed by atoms with Crippen molar-refractivity contribution in [1.29, 1.82) is 0 Å². The lowest BCUT2D eigenvalue weighted by Gasteiger charge is -2.24. The largest absolute Gasteiger partial charge is 0.481 e. The van der Waals surface area contributed by atoms with Crippen LogP contribution in [0.25, 0.3) is 5.57 Å². The van der Waals surface area contributed by atoms with E-state index in [1.807, 2.05) is 12.1 Å². The molecule has 0 spiro atoms. The van der Waals surface area contributed by atoms with Gasteiger partial charge in [-0.2, -0.15) is 0 Å². The molecule has 0 fully saturated rings. The van der Waals surface area contributed by atoms with Gasteiger partial charge in [-0.25, -0.2) is 4.98 Å². The van der Waals surface area contributed by atoms with E-state index in [2.05, 4.69) is 4.98 Å². The van der Waals surface area contributed by atoms with Gasteiger partial charge in [0.25, 0.3) is 0 Å². The molecule has 1 aromatic rings. The number of halogens is 1. The van der Waals surface area contributed by atoms with E-state index in [0.29, 0.717) is 5.88 Å². The Balaban J connectivity index is 2.23. The van der Waals surface area contributed by atoms with Crippen LogP contribution in [0.1, 0.15) is 25.3 Å². The van der Waals surface area contributed by atoms with Crippen molar-refractivity contribution in [2.24, 2.45) is 0 Å². The Hall–Kier alpha value is -1.55. The molecule has 0 aliphatic heterocycles. The molecule has 1 heterocycles. The average Bonchev–Trinajstić information content (AvgIpc) is 2.40. The third kappa shape index (κ3) is 3.47. The SMILES string of the molecule is COc1ccc(C2=C[C@@H](OC(C)=O)CC[C@H]2Cl)cn1. The van der Waals surface area contributed by atoms with Gasteiger partial charge in [-0.05, 0) is 36.1 Å². The van der Waals surface area contributed by atoms with Crippen LogP contribution < -0.4 is 4.74 Å². The maximum atomic E-state index is 11.0. The summed E-state index contributed by atoms with van der Waals surface area (Å²) in [6, 6.07) is 3.69. The molecule has 0 amide bonds. The van der Waals surface area contributed by atoms with Crippen molar-refractivity contribution < 1.29 is 14.3 Å². The molecule has 0 radical (unpaired) electrons. The lowest BCUT2D eigenvalue weighted by Crippen LogP contribution is -2.22. The lowest BCUT2D eigenvalue weighted by molar-refractivity contribution is -0.144. The quantitative estimate of drug-likeness (QED) is 0.631. The summed E-state index contributed by atoms with van der Waals surface area (Å²) in [6.45, 7) is 1.41. The van der Waals surface area contributed by atoms with Gasteiger partial charge in [0.05, 0.1) is 12.5 Å². The van der Waals surface area contributed by atoms with Gasteiger partial charge >= 0.3 is 5.97 Å². The second-order valence-corrected chi connectivity index (χ2v) is 4.93. The van der Waals surface area contributed by atoms with Crippen molar-refractivity contribution in [1.82, 2.24) is 4.98 Å². The normalized spacial score (nSPS) is 22.6. The van der Waals surface area contributed by atoms with E-state index in [1.165, 1.54) is 6.92 Å². The number of aromatic nitrogens is 1. The monoisotopic (exact) mass is 281 g/mol. The first-order valence-corrected chi connectivity index (χ1v) is 6.57. The number of methoxy groups -OCH3 is 1. The molecule has 4 nitrogen and oxygen atoms in total. The van der Waals surface area contributed by atoms with Crippen LogP contribution >= 0.6 is 11.6 Å². The third-order valence-electron chi connectivity index (χ3n) is 3.00. The summed E-state index contributed by atoms with van der Waals surface area (Å²) in [7, 11) is 1.57. The number of hydrogen-bond donors (Lipinski definition) is 0. The van der Waals surface area contributed by atoms with Crippen LogP contribution in [-0.4, -0.2) is 29.5 Å². The summed E-state index contributed by atoms with van der Waals surface area (Å²) in [5.74, 6) is 0.282. The zero-order valence-electron chi connectivity index (χ0n) is 10.9.